The molecule has 2 heterocycles. The molecule has 5 heteroatoms. The third-order valence-corrected chi connectivity index (χ3v) is 5.84. The van der Waals surface area contributed by atoms with Crippen molar-refractivity contribution < 1.29 is 9.15 Å². The number of rotatable bonds is 7. The van der Waals surface area contributed by atoms with Crippen molar-refractivity contribution in [1.82, 2.24) is 9.80 Å². The first-order valence-corrected chi connectivity index (χ1v) is 10.7. The maximum atomic E-state index is 12.2. The lowest BCUT2D eigenvalue weighted by atomic mass is 10.1. The van der Waals surface area contributed by atoms with Crippen molar-refractivity contribution in [3.8, 4) is 0 Å². The summed E-state index contributed by atoms with van der Waals surface area (Å²) >= 11 is 0. The number of hydrogen-bond donors (Lipinski definition) is 0. The predicted octanol–water partition coefficient (Wildman–Crippen LogP) is 3.82. The van der Waals surface area contributed by atoms with Gasteiger partial charge in [-0.3, -0.25) is 9.80 Å². The molecule has 1 aliphatic rings. The van der Waals surface area contributed by atoms with Gasteiger partial charge >= 0.3 is 5.63 Å². The molecule has 1 aromatic heterocycles. The van der Waals surface area contributed by atoms with E-state index in [0.29, 0.717) is 18.2 Å². The highest BCUT2D eigenvalue weighted by Crippen LogP contribution is 2.22. The van der Waals surface area contributed by atoms with Crippen LogP contribution in [0.1, 0.15) is 23.6 Å². The minimum Gasteiger partial charge on any atom is -0.423 e. The van der Waals surface area contributed by atoms with Crippen LogP contribution in [0.5, 0.6) is 0 Å². The van der Waals surface area contributed by atoms with Crippen LogP contribution in [-0.2, 0) is 17.8 Å². The van der Waals surface area contributed by atoms with Gasteiger partial charge in [0.25, 0.3) is 0 Å². The Balaban J connectivity index is 1.62. The smallest absolute Gasteiger partial charge is 0.336 e. The second-order valence-electron chi connectivity index (χ2n) is 8.24. The summed E-state index contributed by atoms with van der Waals surface area (Å²) in [6.45, 7) is 10.3. The molecule has 1 saturated heterocycles. The zero-order chi connectivity index (χ0) is 20.9. The zero-order valence-electron chi connectivity index (χ0n) is 17.8. The van der Waals surface area contributed by atoms with Crippen molar-refractivity contribution in [2.75, 3.05) is 32.8 Å². The molecular weight excluding hydrogens is 376 g/mol. The third-order valence-electron chi connectivity index (χ3n) is 5.84. The van der Waals surface area contributed by atoms with Crippen LogP contribution in [0.4, 0.5) is 0 Å². The summed E-state index contributed by atoms with van der Waals surface area (Å²) in [5.41, 5.74) is 3.76. The summed E-state index contributed by atoms with van der Waals surface area (Å²) < 4.78 is 11.0. The molecule has 0 amide bonds. The number of ether oxygens (including phenoxy) is 1. The Morgan fingerprint density at radius 3 is 2.57 bits per heavy atom. The minimum absolute atomic E-state index is 0.288. The number of fused-ring (bicyclic) bond motifs is 1. The molecule has 1 aliphatic heterocycles. The van der Waals surface area contributed by atoms with Gasteiger partial charge in [-0.2, -0.15) is 0 Å². The lowest BCUT2D eigenvalue weighted by Gasteiger charge is -2.35. The average molecular weight is 407 g/mol. The highest BCUT2D eigenvalue weighted by Gasteiger charge is 2.21. The summed E-state index contributed by atoms with van der Waals surface area (Å²) in [7, 11) is 0. The van der Waals surface area contributed by atoms with Crippen LogP contribution in [0, 0.1) is 6.92 Å². The Labute approximate surface area is 177 Å². The number of morpholine rings is 1. The van der Waals surface area contributed by atoms with Gasteiger partial charge in [0.05, 0.1) is 13.2 Å². The molecule has 0 saturated carbocycles. The van der Waals surface area contributed by atoms with E-state index in [0.717, 1.165) is 55.9 Å². The van der Waals surface area contributed by atoms with Crippen LogP contribution in [0.15, 0.2) is 63.8 Å². The SMILES string of the molecule is Cc1ccc2c(CN(Cc3ccccc3)C(C)CN3CCOCC3)cc(=O)oc2c1. The van der Waals surface area contributed by atoms with E-state index >= 15 is 0 Å². The Kier molecular flexibility index (Phi) is 6.62. The Morgan fingerprint density at radius 1 is 1.03 bits per heavy atom. The molecule has 1 unspecified atom stereocenters. The van der Waals surface area contributed by atoms with Crippen LogP contribution >= 0.6 is 0 Å². The molecular formula is C25H30N2O3. The van der Waals surface area contributed by atoms with Gasteiger partial charge in [0.15, 0.2) is 0 Å². The molecule has 0 radical (unpaired) electrons. The van der Waals surface area contributed by atoms with Gasteiger partial charge in [0.2, 0.25) is 0 Å². The highest BCUT2D eigenvalue weighted by atomic mass is 16.5. The van der Waals surface area contributed by atoms with E-state index in [-0.39, 0.29) is 5.63 Å². The van der Waals surface area contributed by atoms with Crippen molar-refractivity contribution in [1.29, 1.82) is 0 Å². The van der Waals surface area contributed by atoms with Crippen molar-refractivity contribution >= 4 is 11.0 Å². The van der Waals surface area contributed by atoms with Crippen molar-refractivity contribution in [2.24, 2.45) is 0 Å². The van der Waals surface area contributed by atoms with Gasteiger partial charge in [-0.15, -0.1) is 0 Å². The molecule has 4 rings (SSSR count). The highest BCUT2D eigenvalue weighted by molar-refractivity contribution is 5.80. The predicted molar refractivity (Wildman–Crippen MR) is 120 cm³/mol. The summed E-state index contributed by atoms with van der Waals surface area (Å²) in [6.07, 6.45) is 0. The van der Waals surface area contributed by atoms with Crippen molar-refractivity contribution in [2.45, 2.75) is 33.0 Å². The topological polar surface area (TPSA) is 45.9 Å². The van der Waals surface area contributed by atoms with Crippen LogP contribution in [0.25, 0.3) is 11.0 Å². The first-order chi connectivity index (χ1) is 14.6. The summed E-state index contributed by atoms with van der Waals surface area (Å²) in [5.74, 6) is 0. The summed E-state index contributed by atoms with van der Waals surface area (Å²) in [5, 5.41) is 1.01. The second-order valence-corrected chi connectivity index (χ2v) is 8.24. The van der Waals surface area contributed by atoms with E-state index in [2.05, 4.69) is 53.1 Å². The van der Waals surface area contributed by atoms with E-state index in [9.17, 15) is 4.79 Å². The van der Waals surface area contributed by atoms with Crippen molar-refractivity contribution in [3.63, 3.8) is 0 Å². The van der Waals surface area contributed by atoms with Crippen LogP contribution in [0.2, 0.25) is 0 Å². The fourth-order valence-electron chi connectivity index (χ4n) is 4.15. The molecule has 158 valence electrons. The van der Waals surface area contributed by atoms with E-state index in [4.69, 9.17) is 9.15 Å². The zero-order valence-corrected chi connectivity index (χ0v) is 17.8. The second kappa shape index (κ2) is 9.56. The molecule has 0 bridgehead atoms. The standard InChI is InChI=1S/C25H30N2O3/c1-19-8-9-23-22(15-25(28)30-24(23)14-19)18-27(17-21-6-4-3-5-7-21)20(2)16-26-10-12-29-13-11-26/h3-9,14-15,20H,10-13,16-18H2,1-2H3. The Hall–Kier alpha value is -2.47. The van der Waals surface area contributed by atoms with Gasteiger partial charge < -0.3 is 9.15 Å². The van der Waals surface area contributed by atoms with E-state index < -0.39 is 0 Å². The average Bonchev–Trinajstić information content (AvgIpc) is 2.74. The van der Waals surface area contributed by atoms with Gasteiger partial charge in [0, 0.05) is 50.2 Å². The molecule has 0 aliphatic carbocycles. The quantitative estimate of drug-likeness (QED) is 0.558. The fraction of sp³-hybridized carbons (Fsp3) is 0.400. The molecule has 1 atom stereocenters. The lowest BCUT2D eigenvalue weighted by molar-refractivity contribution is 0.0226. The maximum Gasteiger partial charge on any atom is 0.336 e. The molecule has 5 nitrogen and oxygen atoms in total. The largest absolute Gasteiger partial charge is 0.423 e. The first-order valence-electron chi connectivity index (χ1n) is 10.7. The van der Waals surface area contributed by atoms with Crippen LogP contribution in [0.3, 0.4) is 0 Å². The van der Waals surface area contributed by atoms with Crippen LogP contribution in [-0.4, -0.2) is 48.7 Å². The molecule has 0 N–H and O–H groups in total. The number of benzene rings is 2. The van der Waals surface area contributed by atoms with E-state index in [1.54, 1.807) is 6.07 Å². The van der Waals surface area contributed by atoms with E-state index in [1.165, 1.54) is 5.56 Å². The van der Waals surface area contributed by atoms with Gasteiger partial charge in [-0.05, 0) is 36.6 Å². The molecule has 30 heavy (non-hydrogen) atoms. The Morgan fingerprint density at radius 2 is 1.80 bits per heavy atom. The van der Waals surface area contributed by atoms with Gasteiger partial charge in [0.1, 0.15) is 5.58 Å². The van der Waals surface area contributed by atoms with E-state index in [1.807, 2.05) is 19.1 Å². The number of aryl methyl sites for hydroxylation is 1. The number of hydrogen-bond acceptors (Lipinski definition) is 5. The molecule has 1 fully saturated rings. The van der Waals surface area contributed by atoms with Gasteiger partial charge in [-0.25, -0.2) is 4.79 Å². The third kappa shape index (κ3) is 5.17. The first kappa shape index (κ1) is 20.8. The minimum atomic E-state index is -0.288. The maximum absolute atomic E-state index is 12.2. The summed E-state index contributed by atoms with van der Waals surface area (Å²) in [4.78, 5) is 17.2. The molecule has 0 spiro atoms. The monoisotopic (exact) mass is 406 g/mol. The fourth-order valence-corrected chi connectivity index (χ4v) is 4.15. The molecule has 3 aromatic rings. The normalized spacial score (nSPS) is 16.2. The van der Waals surface area contributed by atoms with Gasteiger partial charge in [-0.1, -0.05) is 42.5 Å². The van der Waals surface area contributed by atoms with Crippen LogP contribution < -0.4 is 5.63 Å². The summed E-state index contributed by atoms with van der Waals surface area (Å²) in [6, 6.07) is 18.6. The Bertz CT molecular complexity index is 1030. The lowest BCUT2D eigenvalue weighted by Crippen LogP contribution is -2.45. The molecule has 2 aromatic carbocycles. The van der Waals surface area contributed by atoms with Crippen molar-refractivity contribution in [3.05, 3.63) is 81.7 Å². The number of nitrogens with zero attached hydrogens (tertiary/aromatic N) is 2.